The van der Waals surface area contributed by atoms with Crippen LogP contribution in [0.4, 0.5) is 0 Å². The van der Waals surface area contributed by atoms with Crippen LogP contribution in [0.1, 0.15) is 39.6 Å². The van der Waals surface area contributed by atoms with Crippen molar-refractivity contribution < 1.29 is 4.79 Å². The molecule has 0 saturated carbocycles. The van der Waals surface area contributed by atoms with Crippen molar-refractivity contribution in [3.8, 4) is 0 Å². The van der Waals surface area contributed by atoms with Crippen LogP contribution in [0.25, 0.3) is 0 Å². The van der Waals surface area contributed by atoms with Crippen LogP contribution in [-0.4, -0.2) is 25.9 Å². The maximum atomic E-state index is 12.9. The predicted molar refractivity (Wildman–Crippen MR) is 120 cm³/mol. The topological polar surface area (TPSA) is 72.7 Å². The zero-order valence-electron chi connectivity index (χ0n) is 16.9. The third kappa shape index (κ3) is 5.55. The molecule has 6 nitrogen and oxygen atoms in total. The molecule has 2 aromatic heterocycles. The highest BCUT2D eigenvalue weighted by Gasteiger charge is 2.20. The highest BCUT2D eigenvalue weighted by atomic mass is 35.5. The zero-order chi connectivity index (χ0) is 21.5. The second kappa shape index (κ2) is 10.00. The second-order valence-electron chi connectivity index (χ2n) is 7.19. The first kappa shape index (κ1) is 20.8. The van der Waals surface area contributed by atoms with Gasteiger partial charge in [0, 0.05) is 24.0 Å². The van der Waals surface area contributed by atoms with Gasteiger partial charge in [-0.1, -0.05) is 59.3 Å². The smallest absolute Gasteiger partial charge is 0.274 e. The summed E-state index contributed by atoms with van der Waals surface area (Å²) in [5.41, 5.74) is 3.40. The first-order valence-electron chi connectivity index (χ1n) is 10.1. The fraction of sp³-hybridized carbons (Fsp3) is 0.167. The molecule has 2 aromatic carbocycles. The van der Waals surface area contributed by atoms with Gasteiger partial charge in [-0.2, -0.15) is 0 Å². The molecule has 0 radical (unpaired) electrons. The third-order valence-electron chi connectivity index (χ3n) is 4.98. The number of hydrogen-bond acceptors (Lipinski definition) is 4. The Morgan fingerprint density at radius 3 is 2.42 bits per heavy atom. The first-order valence-corrected chi connectivity index (χ1v) is 10.5. The normalized spacial score (nSPS) is 11.8. The molecule has 0 unspecified atom stereocenters. The van der Waals surface area contributed by atoms with E-state index in [4.69, 9.17) is 11.6 Å². The number of carbonyl (C=O) groups is 1. The fourth-order valence-corrected chi connectivity index (χ4v) is 3.50. The highest BCUT2D eigenvalue weighted by Crippen LogP contribution is 2.23. The van der Waals surface area contributed by atoms with Gasteiger partial charge in [-0.25, -0.2) is 0 Å². The van der Waals surface area contributed by atoms with E-state index in [0.717, 1.165) is 24.0 Å². The minimum absolute atomic E-state index is 0.285. The van der Waals surface area contributed by atoms with Crippen LogP contribution < -0.4 is 5.32 Å². The van der Waals surface area contributed by atoms with E-state index in [2.05, 4.69) is 32.7 Å². The molecular formula is C24H22ClN5O. The van der Waals surface area contributed by atoms with Crippen molar-refractivity contribution in [1.82, 2.24) is 25.3 Å². The standard InChI is InChI=1S/C24H22ClN5O/c25-21-10-8-19(9-11-21)23(20-12-14-26-15-13-20)27-24(31)22-17-30(29-28-22)16-4-7-18-5-2-1-3-6-18/h1-3,5-6,8-15,17,23H,4,7,16H2,(H,27,31)/t23-/m0/s1. The number of halogens is 1. The minimum atomic E-state index is -0.351. The molecule has 31 heavy (non-hydrogen) atoms. The molecule has 4 aromatic rings. The summed E-state index contributed by atoms with van der Waals surface area (Å²) in [7, 11) is 0. The van der Waals surface area contributed by atoms with Gasteiger partial charge in [-0.15, -0.1) is 5.10 Å². The summed E-state index contributed by atoms with van der Waals surface area (Å²) in [4.78, 5) is 17.0. The number of aromatic nitrogens is 4. The third-order valence-corrected chi connectivity index (χ3v) is 5.24. The summed E-state index contributed by atoms with van der Waals surface area (Å²) in [6, 6.07) is 21.1. The van der Waals surface area contributed by atoms with E-state index < -0.39 is 0 Å². The molecule has 1 N–H and O–H groups in total. The molecule has 0 fully saturated rings. The lowest BCUT2D eigenvalue weighted by Gasteiger charge is -2.19. The van der Waals surface area contributed by atoms with Crippen molar-refractivity contribution in [2.45, 2.75) is 25.4 Å². The van der Waals surface area contributed by atoms with E-state index in [1.807, 2.05) is 42.5 Å². The molecule has 0 aliphatic carbocycles. The average molecular weight is 432 g/mol. The number of rotatable bonds is 8. The van der Waals surface area contributed by atoms with Crippen molar-refractivity contribution in [3.63, 3.8) is 0 Å². The molecule has 1 atom stereocenters. The monoisotopic (exact) mass is 431 g/mol. The Kier molecular flexibility index (Phi) is 6.69. The molecule has 0 aliphatic heterocycles. The van der Waals surface area contributed by atoms with Gasteiger partial charge in [-0.05, 0) is 53.8 Å². The fourth-order valence-electron chi connectivity index (χ4n) is 3.38. The van der Waals surface area contributed by atoms with Gasteiger partial charge in [0.05, 0.1) is 12.2 Å². The average Bonchev–Trinajstić information content (AvgIpc) is 3.28. The Hall–Kier alpha value is -3.51. The van der Waals surface area contributed by atoms with E-state index in [1.165, 1.54) is 5.56 Å². The van der Waals surface area contributed by atoms with Crippen LogP contribution in [0.3, 0.4) is 0 Å². The van der Waals surface area contributed by atoms with Gasteiger partial charge >= 0.3 is 0 Å². The summed E-state index contributed by atoms with van der Waals surface area (Å²) in [6.45, 7) is 0.695. The number of benzene rings is 2. The second-order valence-corrected chi connectivity index (χ2v) is 7.63. The molecule has 0 aliphatic rings. The van der Waals surface area contributed by atoms with Crippen molar-refractivity contribution in [2.75, 3.05) is 0 Å². The van der Waals surface area contributed by atoms with Gasteiger partial charge in [0.15, 0.2) is 5.69 Å². The lowest BCUT2D eigenvalue weighted by molar-refractivity contribution is 0.0938. The minimum Gasteiger partial charge on any atom is -0.340 e. The van der Waals surface area contributed by atoms with E-state index in [0.29, 0.717) is 11.6 Å². The lowest BCUT2D eigenvalue weighted by atomic mass is 9.99. The quantitative estimate of drug-likeness (QED) is 0.446. The highest BCUT2D eigenvalue weighted by molar-refractivity contribution is 6.30. The van der Waals surface area contributed by atoms with Gasteiger partial charge in [0.2, 0.25) is 0 Å². The van der Waals surface area contributed by atoms with E-state index in [9.17, 15) is 4.79 Å². The molecule has 0 saturated heterocycles. The Labute approximate surface area is 185 Å². The molecule has 0 bridgehead atoms. The van der Waals surface area contributed by atoms with Gasteiger partial charge in [-0.3, -0.25) is 14.5 Å². The first-order chi connectivity index (χ1) is 15.2. The summed E-state index contributed by atoms with van der Waals surface area (Å²) >= 11 is 6.03. The number of pyridine rings is 1. The van der Waals surface area contributed by atoms with Gasteiger partial charge in [0.25, 0.3) is 5.91 Å². The van der Waals surface area contributed by atoms with Crippen molar-refractivity contribution >= 4 is 17.5 Å². The number of nitrogens with zero attached hydrogens (tertiary/aromatic N) is 4. The molecule has 2 heterocycles. The predicted octanol–water partition coefficient (Wildman–Crippen LogP) is 4.48. The van der Waals surface area contributed by atoms with Crippen LogP contribution in [0.5, 0.6) is 0 Å². The molecular weight excluding hydrogens is 410 g/mol. The molecule has 7 heteroatoms. The van der Waals surface area contributed by atoms with Crippen LogP contribution in [0.15, 0.2) is 85.3 Å². The van der Waals surface area contributed by atoms with E-state index in [1.54, 1.807) is 35.4 Å². The molecule has 4 rings (SSSR count). The van der Waals surface area contributed by atoms with Crippen molar-refractivity contribution in [1.29, 1.82) is 0 Å². The maximum absolute atomic E-state index is 12.9. The summed E-state index contributed by atoms with van der Waals surface area (Å²) in [5.74, 6) is -0.286. The number of carbonyl (C=O) groups excluding carboxylic acids is 1. The Morgan fingerprint density at radius 2 is 1.68 bits per heavy atom. The molecule has 156 valence electrons. The largest absolute Gasteiger partial charge is 0.340 e. The lowest BCUT2D eigenvalue weighted by Crippen LogP contribution is -2.29. The zero-order valence-corrected chi connectivity index (χ0v) is 17.6. The number of hydrogen-bond donors (Lipinski definition) is 1. The number of aryl methyl sites for hydroxylation is 2. The Balaban J connectivity index is 1.43. The van der Waals surface area contributed by atoms with Gasteiger partial charge < -0.3 is 5.32 Å². The van der Waals surface area contributed by atoms with Crippen LogP contribution >= 0.6 is 11.6 Å². The number of amides is 1. The van der Waals surface area contributed by atoms with Crippen molar-refractivity contribution in [2.24, 2.45) is 0 Å². The summed E-state index contributed by atoms with van der Waals surface area (Å²) in [5, 5.41) is 11.9. The van der Waals surface area contributed by atoms with E-state index >= 15 is 0 Å². The maximum Gasteiger partial charge on any atom is 0.274 e. The molecule has 1 amide bonds. The van der Waals surface area contributed by atoms with Crippen LogP contribution in [0, 0.1) is 0 Å². The Morgan fingerprint density at radius 1 is 0.968 bits per heavy atom. The van der Waals surface area contributed by atoms with Crippen LogP contribution in [-0.2, 0) is 13.0 Å². The van der Waals surface area contributed by atoms with E-state index in [-0.39, 0.29) is 17.6 Å². The SMILES string of the molecule is O=C(N[C@H](c1ccncc1)c1ccc(Cl)cc1)c1cn(CCCc2ccccc2)nn1. The summed E-state index contributed by atoms with van der Waals surface area (Å²) in [6.07, 6.45) is 6.95. The van der Waals surface area contributed by atoms with Gasteiger partial charge in [0.1, 0.15) is 0 Å². The summed E-state index contributed by atoms with van der Waals surface area (Å²) < 4.78 is 1.71. The number of nitrogens with one attached hydrogen (secondary N) is 1. The van der Waals surface area contributed by atoms with Crippen molar-refractivity contribution in [3.05, 3.63) is 113 Å². The molecule has 0 spiro atoms. The Bertz CT molecular complexity index is 1110. The van der Waals surface area contributed by atoms with Crippen LogP contribution in [0.2, 0.25) is 5.02 Å².